The summed E-state index contributed by atoms with van der Waals surface area (Å²) in [5, 5.41) is 10.8. The van der Waals surface area contributed by atoms with Crippen LogP contribution in [0.5, 0.6) is 0 Å². The largest absolute Gasteiger partial charge is 0.310 e. The van der Waals surface area contributed by atoms with Gasteiger partial charge < -0.3 is 4.90 Å². The first kappa shape index (κ1) is 10.1. The van der Waals surface area contributed by atoms with Gasteiger partial charge in [-0.1, -0.05) is 6.42 Å². The lowest BCUT2D eigenvalue weighted by Crippen LogP contribution is -2.35. The van der Waals surface area contributed by atoms with Crippen molar-refractivity contribution < 1.29 is 9.72 Å². The second-order valence-corrected chi connectivity index (χ2v) is 4.01. The Labute approximate surface area is 87.9 Å². The van der Waals surface area contributed by atoms with Crippen molar-refractivity contribution in [1.82, 2.24) is 4.90 Å². The molecule has 0 aromatic heterocycles. The standard InChI is InChI=1S/C10H14N2O3/c13-10-6-5-9(12(14)15)8-4-2-1-3-7-11(8)10/h1-7H2. The highest BCUT2D eigenvalue weighted by molar-refractivity contribution is 5.79. The van der Waals surface area contributed by atoms with Crippen LogP contribution < -0.4 is 0 Å². The molecule has 0 aromatic carbocycles. The zero-order valence-electron chi connectivity index (χ0n) is 8.57. The lowest BCUT2D eigenvalue weighted by Gasteiger charge is -2.26. The van der Waals surface area contributed by atoms with Crippen LogP contribution in [0, 0.1) is 10.1 Å². The molecule has 0 bridgehead atoms. The molecule has 0 atom stereocenters. The van der Waals surface area contributed by atoms with Gasteiger partial charge in [-0.2, -0.15) is 0 Å². The minimum atomic E-state index is -0.319. The predicted octanol–water partition coefficient (Wildman–Crippen LogP) is 1.67. The summed E-state index contributed by atoms with van der Waals surface area (Å²) in [5.41, 5.74) is 0.935. The molecule has 1 saturated heterocycles. The van der Waals surface area contributed by atoms with Gasteiger partial charge >= 0.3 is 0 Å². The van der Waals surface area contributed by atoms with Crippen LogP contribution in [-0.4, -0.2) is 22.3 Å². The number of carbonyl (C=O) groups excluding carboxylic acids is 1. The first-order chi connectivity index (χ1) is 7.20. The monoisotopic (exact) mass is 210 g/mol. The van der Waals surface area contributed by atoms with E-state index >= 15 is 0 Å². The Morgan fingerprint density at radius 2 is 1.93 bits per heavy atom. The van der Waals surface area contributed by atoms with Crippen LogP contribution in [-0.2, 0) is 4.79 Å². The Morgan fingerprint density at radius 1 is 1.13 bits per heavy atom. The fraction of sp³-hybridized carbons (Fsp3) is 0.700. The average molecular weight is 210 g/mol. The number of hydrogen-bond acceptors (Lipinski definition) is 3. The summed E-state index contributed by atoms with van der Waals surface area (Å²) < 4.78 is 0. The summed E-state index contributed by atoms with van der Waals surface area (Å²) in [7, 11) is 0. The zero-order valence-corrected chi connectivity index (χ0v) is 8.57. The van der Waals surface area contributed by atoms with E-state index in [0.29, 0.717) is 31.5 Å². The van der Waals surface area contributed by atoms with E-state index in [9.17, 15) is 14.9 Å². The molecule has 15 heavy (non-hydrogen) atoms. The maximum Gasteiger partial charge on any atom is 0.266 e. The van der Waals surface area contributed by atoms with E-state index in [2.05, 4.69) is 0 Å². The SMILES string of the molecule is O=C1CCC([N+](=O)[O-])=C2CCCCCN12. The van der Waals surface area contributed by atoms with Crippen molar-refractivity contribution in [3.63, 3.8) is 0 Å². The van der Waals surface area contributed by atoms with Gasteiger partial charge in [0.15, 0.2) is 0 Å². The van der Waals surface area contributed by atoms with Crippen LogP contribution in [0.3, 0.4) is 0 Å². The maximum absolute atomic E-state index is 11.6. The van der Waals surface area contributed by atoms with Gasteiger partial charge in [-0.15, -0.1) is 0 Å². The van der Waals surface area contributed by atoms with E-state index in [4.69, 9.17) is 0 Å². The number of nitro groups is 1. The van der Waals surface area contributed by atoms with Crippen molar-refractivity contribution in [2.45, 2.75) is 38.5 Å². The van der Waals surface area contributed by atoms with Gasteiger partial charge in [0.05, 0.1) is 10.6 Å². The summed E-state index contributed by atoms with van der Waals surface area (Å²) in [5.74, 6) is 0.0532. The van der Waals surface area contributed by atoms with Crippen LogP contribution in [0.4, 0.5) is 0 Å². The average Bonchev–Trinajstić information content (AvgIpc) is 2.43. The molecule has 1 fully saturated rings. The lowest BCUT2D eigenvalue weighted by atomic mass is 10.1. The third-order valence-corrected chi connectivity index (χ3v) is 3.05. The first-order valence-corrected chi connectivity index (χ1v) is 5.37. The molecule has 0 aromatic rings. The van der Waals surface area contributed by atoms with Gasteiger partial charge in [-0.25, -0.2) is 0 Å². The van der Waals surface area contributed by atoms with E-state index in [1.165, 1.54) is 0 Å². The summed E-state index contributed by atoms with van der Waals surface area (Å²) in [6.07, 6.45) is 4.24. The Balaban J connectivity index is 2.37. The number of hydrogen-bond donors (Lipinski definition) is 0. The maximum atomic E-state index is 11.6. The van der Waals surface area contributed by atoms with Gasteiger partial charge in [0, 0.05) is 19.4 Å². The van der Waals surface area contributed by atoms with Crippen LogP contribution in [0.25, 0.3) is 0 Å². The van der Waals surface area contributed by atoms with Gasteiger partial charge in [0.25, 0.3) is 5.70 Å². The van der Waals surface area contributed by atoms with Crippen molar-refractivity contribution in [3.8, 4) is 0 Å². The number of rotatable bonds is 1. The number of allylic oxidation sites excluding steroid dienone is 2. The number of amides is 1. The van der Waals surface area contributed by atoms with Gasteiger partial charge in [0.1, 0.15) is 0 Å². The minimum Gasteiger partial charge on any atom is -0.310 e. The number of carbonyl (C=O) groups is 1. The van der Waals surface area contributed by atoms with E-state index in [1.54, 1.807) is 4.90 Å². The van der Waals surface area contributed by atoms with Gasteiger partial charge in [-0.05, 0) is 19.3 Å². The minimum absolute atomic E-state index is 0.0532. The summed E-state index contributed by atoms with van der Waals surface area (Å²) in [6.45, 7) is 0.658. The van der Waals surface area contributed by atoms with Crippen molar-refractivity contribution >= 4 is 5.91 Å². The van der Waals surface area contributed by atoms with Crippen molar-refractivity contribution in [3.05, 3.63) is 21.5 Å². The normalized spacial score (nSPS) is 22.4. The molecule has 0 spiro atoms. The Hall–Kier alpha value is -1.39. The number of nitrogens with zero attached hydrogens (tertiary/aromatic N) is 2. The van der Waals surface area contributed by atoms with Crippen LogP contribution in [0.2, 0.25) is 0 Å². The third kappa shape index (κ3) is 1.86. The highest BCUT2D eigenvalue weighted by Crippen LogP contribution is 2.30. The summed E-state index contributed by atoms with van der Waals surface area (Å²) in [4.78, 5) is 23.8. The molecule has 0 unspecified atom stereocenters. The molecule has 2 heterocycles. The lowest BCUT2D eigenvalue weighted by molar-refractivity contribution is -0.430. The van der Waals surface area contributed by atoms with E-state index in [1.807, 2.05) is 0 Å². The molecule has 0 saturated carbocycles. The fourth-order valence-electron chi connectivity index (χ4n) is 2.29. The molecule has 0 radical (unpaired) electrons. The summed E-state index contributed by atoms with van der Waals surface area (Å²) >= 11 is 0. The van der Waals surface area contributed by atoms with E-state index in [0.717, 1.165) is 19.3 Å². The molecule has 0 aliphatic carbocycles. The molecular weight excluding hydrogens is 196 g/mol. The molecule has 5 heteroatoms. The van der Waals surface area contributed by atoms with Crippen LogP contribution >= 0.6 is 0 Å². The summed E-state index contributed by atoms with van der Waals surface area (Å²) in [6, 6.07) is 0. The molecule has 1 amide bonds. The Morgan fingerprint density at radius 3 is 2.67 bits per heavy atom. The van der Waals surface area contributed by atoms with E-state index < -0.39 is 0 Å². The van der Waals surface area contributed by atoms with Crippen LogP contribution in [0.1, 0.15) is 38.5 Å². The van der Waals surface area contributed by atoms with E-state index in [-0.39, 0.29) is 16.5 Å². The highest BCUT2D eigenvalue weighted by atomic mass is 16.6. The smallest absolute Gasteiger partial charge is 0.266 e. The van der Waals surface area contributed by atoms with Crippen molar-refractivity contribution in [2.24, 2.45) is 0 Å². The predicted molar refractivity (Wildman–Crippen MR) is 53.4 cm³/mol. The van der Waals surface area contributed by atoms with Gasteiger partial charge in [0.2, 0.25) is 5.91 Å². The van der Waals surface area contributed by atoms with Crippen LogP contribution in [0.15, 0.2) is 11.4 Å². The Bertz CT molecular complexity index is 336. The molecular formula is C10H14N2O3. The second-order valence-electron chi connectivity index (χ2n) is 4.01. The fourth-order valence-corrected chi connectivity index (χ4v) is 2.29. The number of fused-ring (bicyclic) bond motifs is 1. The highest BCUT2D eigenvalue weighted by Gasteiger charge is 2.33. The molecule has 0 N–H and O–H groups in total. The van der Waals surface area contributed by atoms with Crippen molar-refractivity contribution in [1.29, 1.82) is 0 Å². The molecule has 2 aliphatic heterocycles. The first-order valence-electron chi connectivity index (χ1n) is 5.37. The Kier molecular flexibility index (Phi) is 2.70. The molecule has 2 rings (SSSR count). The van der Waals surface area contributed by atoms with Crippen molar-refractivity contribution in [2.75, 3.05) is 6.54 Å². The topological polar surface area (TPSA) is 63.4 Å². The molecule has 5 nitrogen and oxygen atoms in total. The molecule has 2 aliphatic rings. The zero-order chi connectivity index (χ0) is 10.8. The van der Waals surface area contributed by atoms with Gasteiger partial charge in [-0.3, -0.25) is 14.9 Å². The molecule has 82 valence electrons. The second kappa shape index (κ2) is 4.00. The third-order valence-electron chi connectivity index (χ3n) is 3.05. The quantitative estimate of drug-likeness (QED) is 0.488.